The van der Waals surface area contributed by atoms with Gasteiger partial charge in [-0.15, -0.1) is 11.3 Å². The highest BCUT2D eigenvalue weighted by atomic mass is 79.9. The first kappa shape index (κ1) is 15.6. The SMILES string of the molecule is CNC(c1cc(OC)cc(OC)c1)c1cc(Cl)c(Br)s1. The Morgan fingerprint density at radius 1 is 1.15 bits per heavy atom. The van der Waals surface area contributed by atoms with E-state index >= 15 is 0 Å². The molecule has 0 aliphatic rings. The molecular formula is C14H15BrClNO2S. The number of methoxy groups -OCH3 is 2. The van der Waals surface area contributed by atoms with Crippen LogP contribution in [-0.4, -0.2) is 21.3 Å². The highest BCUT2D eigenvalue weighted by molar-refractivity contribution is 9.11. The molecule has 0 spiro atoms. The van der Waals surface area contributed by atoms with E-state index in [0.717, 1.165) is 30.7 Å². The average molecular weight is 377 g/mol. The second-order valence-electron chi connectivity index (χ2n) is 4.14. The lowest BCUT2D eigenvalue weighted by Gasteiger charge is -2.17. The molecule has 0 aliphatic heterocycles. The number of ether oxygens (including phenoxy) is 2. The van der Waals surface area contributed by atoms with E-state index in [1.165, 1.54) is 0 Å². The molecule has 0 saturated carbocycles. The van der Waals surface area contributed by atoms with Crippen LogP contribution in [0.1, 0.15) is 16.5 Å². The third-order valence-electron chi connectivity index (χ3n) is 2.94. The van der Waals surface area contributed by atoms with Gasteiger partial charge < -0.3 is 14.8 Å². The van der Waals surface area contributed by atoms with Gasteiger partial charge in [0.15, 0.2) is 0 Å². The van der Waals surface area contributed by atoms with Crippen LogP contribution in [0.5, 0.6) is 11.5 Å². The van der Waals surface area contributed by atoms with Crippen LogP contribution in [0.3, 0.4) is 0 Å². The fourth-order valence-corrected chi connectivity index (χ4v) is 3.86. The zero-order chi connectivity index (χ0) is 14.7. The van der Waals surface area contributed by atoms with Crippen LogP contribution in [0.25, 0.3) is 0 Å². The summed E-state index contributed by atoms with van der Waals surface area (Å²) in [5.74, 6) is 1.53. The minimum Gasteiger partial charge on any atom is -0.497 e. The van der Waals surface area contributed by atoms with Gasteiger partial charge in [0.05, 0.1) is 29.1 Å². The molecule has 1 aromatic carbocycles. The van der Waals surface area contributed by atoms with Crippen molar-refractivity contribution in [3.8, 4) is 11.5 Å². The van der Waals surface area contributed by atoms with Gasteiger partial charge in [-0.3, -0.25) is 0 Å². The van der Waals surface area contributed by atoms with Gasteiger partial charge in [-0.25, -0.2) is 0 Å². The summed E-state index contributed by atoms with van der Waals surface area (Å²) in [5.41, 5.74) is 1.06. The van der Waals surface area contributed by atoms with Crippen LogP contribution in [0.15, 0.2) is 28.1 Å². The van der Waals surface area contributed by atoms with Crippen molar-refractivity contribution in [3.05, 3.63) is 43.5 Å². The highest BCUT2D eigenvalue weighted by Crippen LogP contribution is 2.38. The van der Waals surface area contributed by atoms with Gasteiger partial charge in [-0.1, -0.05) is 11.6 Å². The summed E-state index contributed by atoms with van der Waals surface area (Å²) in [4.78, 5) is 1.12. The first-order valence-electron chi connectivity index (χ1n) is 5.94. The van der Waals surface area contributed by atoms with Crippen molar-refractivity contribution in [2.45, 2.75) is 6.04 Å². The van der Waals surface area contributed by atoms with Crippen molar-refractivity contribution in [2.75, 3.05) is 21.3 Å². The Balaban J connectivity index is 2.45. The van der Waals surface area contributed by atoms with E-state index in [2.05, 4.69) is 21.2 Å². The van der Waals surface area contributed by atoms with Gasteiger partial charge in [0.1, 0.15) is 11.5 Å². The van der Waals surface area contributed by atoms with Crippen molar-refractivity contribution in [1.29, 1.82) is 0 Å². The highest BCUT2D eigenvalue weighted by Gasteiger charge is 2.18. The zero-order valence-electron chi connectivity index (χ0n) is 11.4. The maximum absolute atomic E-state index is 6.12. The predicted molar refractivity (Wildman–Crippen MR) is 87.5 cm³/mol. The standard InChI is InChI=1S/C14H15BrClNO2S/c1-17-13(12-7-11(16)14(15)20-12)8-4-9(18-2)6-10(5-8)19-3/h4-7,13,17H,1-3H3. The molecule has 1 unspecified atom stereocenters. The Bertz CT molecular complexity index is 561. The Morgan fingerprint density at radius 2 is 1.75 bits per heavy atom. The van der Waals surface area contributed by atoms with Crippen molar-refractivity contribution >= 4 is 38.9 Å². The topological polar surface area (TPSA) is 30.5 Å². The van der Waals surface area contributed by atoms with Gasteiger partial charge in [-0.2, -0.15) is 0 Å². The number of benzene rings is 1. The van der Waals surface area contributed by atoms with Gasteiger partial charge in [0, 0.05) is 10.9 Å². The van der Waals surface area contributed by atoms with E-state index in [1.807, 2.05) is 31.3 Å². The first-order valence-corrected chi connectivity index (χ1v) is 7.92. The summed E-state index contributed by atoms with van der Waals surface area (Å²) in [7, 11) is 5.20. The lowest BCUT2D eigenvalue weighted by Crippen LogP contribution is -2.16. The minimum absolute atomic E-state index is 0.0350. The van der Waals surface area contributed by atoms with Crippen molar-refractivity contribution in [2.24, 2.45) is 0 Å². The second-order valence-corrected chi connectivity index (χ2v) is 6.95. The van der Waals surface area contributed by atoms with Crippen LogP contribution < -0.4 is 14.8 Å². The van der Waals surface area contributed by atoms with Crippen LogP contribution in [0, 0.1) is 0 Å². The minimum atomic E-state index is 0.0350. The van der Waals surface area contributed by atoms with E-state index in [9.17, 15) is 0 Å². The lowest BCUT2D eigenvalue weighted by atomic mass is 10.0. The number of nitrogens with one attached hydrogen (secondary N) is 1. The van der Waals surface area contributed by atoms with E-state index in [0.29, 0.717) is 0 Å². The molecule has 0 bridgehead atoms. The van der Waals surface area contributed by atoms with Crippen molar-refractivity contribution in [1.82, 2.24) is 5.32 Å². The van der Waals surface area contributed by atoms with Crippen LogP contribution in [0.4, 0.5) is 0 Å². The van der Waals surface area contributed by atoms with Crippen LogP contribution >= 0.6 is 38.9 Å². The average Bonchev–Trinajstić information content (AvgIpc) is 2.78. The third-order valence-corrected chi connectivity index (χ3v) is 5.48. The molecule has 0 aliphatic carbocycles. The maximum Gasteiger partial charge on any atom is 0.122 e. The van der Waals surface area contributed by atoms with Crippen LogP contribution in [0.2, 0.25) is 5.02 Å². The molecule has 6 heteroatoms. The van der Waals surface area contributed by atoms with E-state index in [1.54, 1.807) is 25.6 Å². The number of hydrogen-bond acceptors (Lipinski definition) is 4. The van der Waals surface area contributed by atoms with Crippen molar-refractivity contribution in [3.63, 3.8) is 0 Å². The molecule has 2 aromatic rings. The third kappa shape index (κ3) is 3.28. The fourth-order valence-electron chi connectivity index (χ4n) is 1.97. The monoisotopic (exact) mass is 375 g/mol. The molecule has 2 rings (SSSR count). The summed E-state index contributed by atoms with van der Waals surface area (Å²) in [6.07, 6.45) is 0. The van der Waals surface area contributed by atoms with E-state index in [4.69, 9.17) is 21.1 Å². The van der Waals surface area contributed by atoms with Crippen molar-refractivity contribution < 1.29 is 9.47 Å². The first-order chi connectivity index (χ1) is 9.58. The number of halogens is 2. The molecule has 108 valence electrons. The molecule has 3 nitrogen and oxygen atoms in total. The lowest BCUT2D eigenvalue weighted by molar-refractivity contribution is 0.392. The molecule has 1 atom stereocenters. The molecule has 0 saturated heterocycles. The van der Waals surface area contributed by atoms with Gasteiger partial charge in [-0.05, 0) is 46.7 Å². The fraction of sp³-hybridized carbons (Fsp3) is 0.286. The number of thiophene rings is 1. The second kappa shape index (κ2) is 6.80. The van der Waals surface area contributed by atoms with E-state index in [-0.39, 0.29) is 6.04 Å². The summed E-state index contributed by atoms with van der Waals surface area (Å²) >= 11 is 11.2. The molecule has 0 radical (unpaired) electrons. The Morgan fingerprint density at radius 3 is 2.15 bits per heavy atom. The number of hydrogen-bond donors (Lipinski definition) is 1. The Hall–Kier alpha value is -0.750. The smallest absolute Gasteiger partial charge is 0.122 e. The van der Waals surface area contributed by atoms with Gasteiger partial charge in [0.25, 0.3) is 0 Å². The molecule has 1 aromatic heterocycles. The molecule has 0 amide bonds. The molecular weight excluding hydrogens is 362 g/mol. The summed E-state index contributed by atoms with van der Waals surface area (Å²) < 4.78 is 11.6. The predicted octanol–water partition coefficient (Wildman–Crippen LogP) is 4.49. The Labute approximate surface area is 136 Å². The maximum atomic E-state index is 6.12. The van der Waals surface area contributed by atoms with Crippen LogP contribution in [-0.2, 0) is 0 Å². The normalized spacial score (nSPS) is 12.2. The summed E-state index contributed by atoms with van der Waals surface area (Å²) in [6.45, 7) is 0. The quantitative estimate of drug-likeness (QED) is 0.834. The summed E-state index contributed by atoms with van der Waals surface area (Å²) in [6, 6.07) is 7.83. The number of rotatable bonds is 5. The summed E-state index contributed by atoms with van der Waals surface area (Å²) in [5, 5.41) is 4.02. The van der Waals surface area contributed by atoms with E-state index < -0.39 is 0 Å². The zero-order valence-corrected chi connectivity index (χ0v) is 14.5. The molecule has 1 heterocycles. The van der Waals surface area contributed by atoms with Gasteiger partial charge in [0.2, 0.25) is 0 Å². The molecule has 20 heavy (non-hydrogen) atoms. The molecule has 1 N–H and O–H groups in total. The Kier molecular flexibility index (Phi) is 5.32. The largest absolute Gasteiger partial charge is 0.497 e. The molecule has 0 fully saturated rings. The van der Waals surface area contributed by atoms with Gasteiger partial charge >= 0.3 is 0 Å².